The Morgan fingerprint density at radius 3 is 2.14 bits per heavy atom. The van der Waals surface area contributed by atoms with Gasteiger partial charge in [-0.25, -0.2) is 0 Å². The summed E-state index contributed by atoms with van der Waals surface area (Å²) in [6.07, 6.45) is 0. The highest BCUT2D eigenvalue weighted by molar-refractivity contribution is 6.34. The number of nitrogen functional groups attached to an aromatic ring is 1. The number of hydrogen-bond donors (Lipinski definition) is 1. The van der Waals surface area contributed by atoms with E-state index in [0.29, 0.717) is 5.69 Å². The van der Waals surface area contributed by atoms with Crippen molar-refractivity contribution < 1.29 is 23.9 Å². The molecule has 0 saturated heterocycles. The Balaban J connectivity index is 3.05. The van der Waals surface area contributed by atoms with Crippen LogP contribution in [0.4, 0.5) is 5.69 Å². The molecular formula is C13H15ClN2O5. The van der Waals surface area contributed by atoms with E-state index in [4.69, 9.17) is 17.3 Å². The lowest BCUT2D eigenvalue weighted by Gasteiger charge is -2.20. The summed E-state index contributed by atoms with van der Waals surface area (Å²) in [6.45, 7) is -0.814. The number of hydrogen-bond acceptors (Lipinski definition) is 6. The van der Waals surface area contributed by atoms with Gasteiger partial charge in [-0.3, -0.25) is 14.4 Å². The average Bonchev–Trinajstić information content (AvgIpc) is 2.47. The number of methoxy groups -OCH3 is 2. The number of nitrogens with zero attached hydrogens (tertiary/aromatic N) is 1. The zero-order valence-electron chi connectivity index (χ0n) is 11.6. The highest BCUT2D eigenvalue weighted by Crippen LogP contribution is 2.20. The number of nitrogens with two attached hydrogens (primary N) is 1. The molecule has 0 fully saturated rings. The van der Waals surface area contributed by atoms with Gasteiger partial charge < -0.3 is 20.1 Å². The first-order chi connectivity index (χ1) is 9.88. The molecule has 0 aromatic heterocycles. The molecule has 0 bridgehead atoms. The van der Waals surface area contributed by atoms with Crippen LogP contribution in [0.2, 0.25) is 5.02 Å². The SMILES string of the molecule is COC(=O)CN(CC(=O)OC)C(=O)c1cc(N)ccc1Cl. The van der Waals surface area contributed by atoms with Crippen LogP contribution >= 0.6 is 11.6 Å². The lowest BCUT2D eigenvalue weighted by Crippen LogP contribution is -2.40. The van der Waals surface area contributed by atoms with Gasteiger partial charge in [0.1, 0.15) is 13.1 Å². The second-order valence-corrected chi connectivity index (χ2v) is 4.46. The molecule has 8 heteroatoms. The highest BCUT2D eigenvalue weighted by Gasteiger charge is 2.24. The number of carbonyl (C=O) groups excluding carboxylic acids is 3. The first kappa shape index (κ1) is 16.8. The summed E-state index contributed by atoms with van der Waals surface area (Å²) in [5.74, 6) is -1.97. The third-order valence-corrected chi connectivity index (χ3v) is 2.93. The maximum absolute atomic E-state index is 12.4. The van der Waals surface area contributed by atoms with Gasteiger partial charge in [-0.1, -0.05) is 11.6 Å². The smallest absolute Gasteiger partial charge is 0.325 e. The monoisotopic (exact) mass is 314 g/mol. The molecule has 7 nitrogen and oxygen atoms in total. The van der Waals surface area contributed by atoms with Gasteiger partial charge in [-0.2, -0.15) is 0 Å². The maximum Gasteiger partial charge on any atom is 0.325 e. The molecular weight excluding hydrogens is 300 g/mol. The van der Waals surface area contributed by atoms with Crippen LogP contribution in [-0.2, 0) is 19.1 Å². The maximum atomic E-state index is 12.4. The molecule has 114 valence electrons. The molecule has 0 aliphatic rings. The lowest BCUT2D eigenvalue weighted by atomic mass is 10.1. The second-order valence-electron chi connectivity index (χ2n) is 4.05. The Hall–Kier alpha value is -2.28. The van der Waals surface area contributed by atoms with Crippen LogP contribution in [0, 0.1) is 0 Å². The van der Waals surface area contributed by atoms with Crippen molar-refractivity contribution in [2.24, 2.45) is 0 Å². The topological polar surface area (TPSA) is 98.9 Å². The number of esters is 2. The third-order valence-electron chi connectivity index (χ3n) is 2.60. The fourth-order valence-electron chi connectivity index (χ4n) is 1.52. The van der Waals surface area contributed by atoms with Crippen LogP contribution in [0.1, 0.15) is 10.4 Å². The van der Waals surface area contributed by atoms with E-state index >= 15 is 0 Å². The number of halogens is 1. The number of rotatable bonds is 5. The van der Waals surface area contributed by atoms with E-state index in [1.165, 1.54) is 32.4 Å². The Morgan fingerprint density at radius 1 is 1.14 bits per heavy atom. The molecule has 0 radical (unpaired) electrons. The molecule has 0 aliphatic carbocycles. The largest absolute Gasteiger partial charge is 0.468 e. The summed E-state index contributed by atoms with van der Waals surface area (Å²) >= 11 is 5.94. The molecule has 1 aromatic carbocycles. The summed E-state index contributed by atoms with van der Waals surface area (Å²) in [4.78, 5) is 36.1. The van der Waals surface area contributed by atoms with Crippen molar-refractivity contribution in [3.05, 3.63) is 28.8 Å². The first-order valence-corrected chi connectivity index (χ1v) is 6.24. The molecule has 1 aromatic rings. The lowest BCUT2D eigenvalue weighted by molar-refractivity contribution is -0.144. The number of anilines is 1. The molecule has 1 rings (SSSR count). The molecule has 0 spiro atoms. The van der Waals surface area contributed by atoms with E-state index in [0.717, 1.165) is 4.90 Å². The van der Waals surface area contributed by atoms with Gasteiger partial charge in [-0.05, 0) is 18.2 Å². The van der Waals surface area contributed by atoms with Gasteiger partial charge >= 0.3 is 11.9 Å². The second kappa shape index (κ2) is 7.49. The van der Waals surface area contributed by atoms with Gasteiger partial charge in [0, 0.05) is 5.69 Å². The normalized spacial score (nSPS) is 9.86. The van der Waals surface area contributed by atoms with Crippen molar-refractivity contribution in [1.29, 1.82) is 0 Å². The van der Waals surface area contributed by atoms with Crippen LogP contribution in [0.25, 0.3) is 0 Å². The summed E-state index contributed by atoms with van der Waals surface area (Å²) in [7, 11) is 2.35. The van der Waals surface area contributed by atoms with Crippen LogP contribution in [-0.4, -0.2) is 50.1 Å². The van der Waals surface area contributed by atoms with Crippen LogP contribution in [0.3, 0.4) is 0 Å². The van der Waals surface area contributed by atoms with Gasteiger partial charge in [0.2, 0.25) is 0 Å². The van der Waals surface area contributed by atoms with Crippen LogP contribution in [0.15, 0.2) is 18.2 Å². The van der Waals surface area contributed by atoms with E-state index in [2.05, 4.69) is 9.47 Å². The first-order valence-electron chi connectivity index (χ1n) is 5.87. The van der Waals surface area contributed by atoms with Gasteiger partial charge in [0.15, 0.2) is 0 Å². The van der Waals surface area contributed by atoms with Gasteiger partial charge in [0.05, 0.1) is 24.8 Å². The van der Waals surface area contributed by atoms with Crippen molar-refractivity contribution in [2.75, 3.05) is 33.0 Å². The van der Waals surface area contributed by atoms with E-state index in [-0.39, 0.29) is 10.6 Å². The third kappa shape index (κ3) is 4.64. The fraction of sp³-hybridized carbons (Fsp3) is 0.308. The van der Waals surface area contributed by atoms with Crippen LogP contribution in [0.5, 0.6) is 0 Å². The predicted octanol–water partition coefficient (Wildman–Crippen LogP) is 0.710. The number of carbonyl (C=O) groups is 3. The van der Waals surface area contributed by atoms with E-state index in [1.54, 1.807) is 0 Å². The average molecular weight is 315 g/mol. The van der Waals surface area contributed by atoms with E-state index in [1.807, 2.05) is 0 Å². The molecule has 0 saturated carbocycles. The molecule has 0 unspecified atom stereocenters. The molecule has 21 heavy (non-hydrogen) atoms. The standard InChI is InChI=1S/C13H15ClN2O5/c1-20-11(17)6-16(7-12(18)21-2)13(19)9-5-8(15)3-4-10(9)14/h3-5H,6-7,15H2,1-2H3. The fourth-order valence-corrected chi connectivity index (χ4v) is 1.72. The zero-order valence-corrected chi connectivity index (χ0v) is 12.3. The van der Waals surface area contributed by atoms with Crippen LogP contribution < -0.4 is 5.73 Å². The van der Waals surface area contributed by atoms with E-state index in [9.17, 15) is 14.4 Å². The molecule has 0 atom stereocenters. The highest BCUT2D eigenvalue weighted by atomic mass is 35.5. The Bertz CT molecular complexity index is 543. The Morgan fingerprint density at radius 2 is 1.67 bits per heavy atom. The number of ether oxygens (including phenoxy) is 2. The van der Waals surface area contributed by atoms with Crippen molar-refractivity contribution in [3.8, 4) is 0 Å². The van der Waals surface area contributed by atoms with Gasteiger partial charge in [0.25, 0.3) is 5.91 Å². The summed E-state index contributed by atoms with van der Waals surface area (Å²) in [6, 6.07) is 4.36. The number of amides is 1. The molecule has 2 N–H and O–H groups in total. The minimum atomic E-state index is -0.674. The van der Waals surface area contributed by atoms with Crippen molar-refractivity contribution in [1.82, 2.24) is 4.90 Å². The predicted molar refractivity (Wildman–Crippen MR) is 75.8 cm³/mol. The zero-order chi connectivity index (χ0) is 16.0. The van der Waals surface area contributed by atoms with Gasteiger partial charge in [-0.15, -0.1) is 0 Å². The molecule has 0 heterocycles. The molecule has 1 amide bonds. The van der Waals surface area contributed by atoms with Crippen molar-refractivity contribution in [2.45, 2.75) is 0 Å². The Labute approximate surface area is 126 Å². The minimum Gasteiger partial charge on any atom is -0.468 e. The van der Waals surface area contributed by atoms with Crippen molar-refractivity contribution in [3.63, 3.8) is 0 Å². The minimum absolute atomic E-state index is 0.0875. The molecule has 0 aliphatic heterocycles. The summed E-state index contributed by atoms with van der Waals surface area (Å²) < 4.78 is 8.99. The number of benzene rings is 1. The Kier molecular flexibility index (Phi) is 5.98. The van der Waals surface area contributed by atoms with Crippen molar-refractivity contribution >= 4 is 35.1 Å². The quantitative estimate of drug-likeness (QED) is 0.635. The van der Waals surface area contributed by atoms with E-state index < -0.39 is 30.9 Å². The summed E-state index contributed by atoms with van der Waals surface area (Å²) in [5, 5.41) is 0.161. The summed E-state index contributed by atoms with van der Waals surface area (Å²) in [5.41, 5.74) is 6.03.